The largest absolute Gasteiger partial charge is 0.486 e. The molecule has 182 valence electrons. The molecule has 1 aromatic heterocycles. The van der Waals surface area contributed by atoms with Crippen molar-refractivity contribution in [2.45, 2.75) is 52.4 Å². The van der Waals surface area contributed by atoms with Crippen LogP contribution in [0.5, 0.6) is 11.5 Å². The normalized spacial score (nSPS) is 14.7. The lowest BCUT2D eigenvalue weighted by atomic mass is 10.1. The van der Waals surface area contributed by atoms with Crippen molar-refractivity contribution < 1.29 is 23.4 Å². The minimum atomic E-state index is -0.750. The maximum absolute atomic E-state index is 14.7. The van der Waals surface area contributed by atoms with Gasteiger partial charge < -0.3 is 24.4 Å². The summed E-state index contributed by atoms with van der Waals surface area (Å²) in [4.78, 5) is 18.5. The van der Waals surface area contributed by atoms with E-state index in [1.165, 1.54) is 11.0 Å². The number of anilines is 1. The van der Waals surface area contributed by atoms with Gasteiger partial charge in [-0.15, -0.1) is 0 Å². The van der Waals surface area contributed by atoms with Crippen LogP contribution in [-0.4, -0.2) is 59.4 Å². The van der Waals surface area contributed by atoms with E-state index in [0.29, 0.717) is 13.0 Å². The molecule has 0 fully saturated rings. The third kappa shape index (κ3) is 6.07. The number of ether oxygens (including phenoxy) is 3. The molecular weight excluding hydrogens is 441 g/mol. The molecule has 1 aliphatic heterocycles. The van der Waals surface area contributed by atoms with Gasteiger partial charge in [0.25, 0.3) is 5.91 Å². The number of hydrogen-bond acceptors (Lipinski definition) is 7. The number of pyridine rings is 1. The van der Waals surface area contributed by atoms with Gasteiger partial charge in [0.2, 0.25) is 0 Å². The third-order valence-corrected chi connectivity index (χ3v) is 5.07. The van der Waals surface area contributed by atoms with E-state index in [2.05, 4.69) is 10.3 Å². The van der Waals surface area contributed by atoms with Crippen molar-refractivity contribution in [3.05, 3.63) is 47.4 Å². The van der Waals surface area contributed by atoms with E-state index >= 15 is 0 Å². The highest BCUT2D eigenvalue weighted by atomic mass is 19.1. The predicted molar refractivity (Wildman–Crippen MR) is 127 cm³/mol. The summed E-state index contributed by atoms with van der Waals surface area (Å²) < 4.78 is 31.7. The summed E-state index contributed by atoms with van der Waals surface area (Å²) >= 11 is 0. The number of aromatic nitrogens is 1. The Morgan fingerprint density at radius 1 is 1.32 bits per heavy atom. The van der Waals surface area contributed by atoms with Crippen LogP contribution < -0.4 is 14.8 Å². The zero-order valence-corrected chi connectivity index (χ0v) is 19.7. The van der Waals surface area contributed by atoms with Crippen LogP contribution in [0.4, 0.5) is 10.2 Å². The Hall–Kier alpha value is -3.53. The Kier molecular flexibility index (Phi) is 8.17. The number of halogens is 1. The molecule has 1 unspecified atom stereocenters. The number of rotatable bonds is 9. The first-order chi connectivity index (χ1) is 16.2. The molecule has 1 aromatic carbocycles. The summed E-state index contributed by atoms with van der Waals surface area (Å²) in [7, 11) is 0. The van der Waals surface area contributed by atoms with Gasteiger partial charge in [-0.05, 0) is 45.9 Å². The molecule has 2 heterocycles. The number of hydrogen-bond donors (Lipinski definition) is 3. The van der Waals surface area contributed by atoms with Crippen molar-refractivity contribution in [3.8, 4) is 11.5 Å². The van der Waals surface area contributed by atoms with Crippen molar-refractivity contribution >= 4 is 23.9 Å². The second-order valence-electron chi connectivity index (χ2n) is 8.38. The van der Waals surface area contributed by atoms with Gasteiger partial charge in [0.05, 0.1) is 24.6 Å². The van der Waals surface area contributed by atoms with E-state index in [9.17, 15) is 9.18 Å². The standard InChI is InChI=1S/C24H30FN5O4/c1-14(2)30(13-26)23(27)19-6-5-7-22(28-19)29-24(31)17-10-21-20(11-18(17)25)33-12-16(34-21)8-9-32-15(3)4/h5-7,10-11,13-16,26-27H,8-9,12H2,1-4H3,(H,28,29,31). The van der Waals surface area contributed by atoms with Gasteiger partial charge >= 0.3 is 0 Å². The van der Waals surface area contributed by atoms with Crippen molar-refractivity contribution in [1.29, 1.82) is 10.8 Å². The second kappa shape index (κ2) is 11.1. The van der Waals surface area contributed by atoms with Crippen molar-refractivity contribution in [2.75, 3.05) is 18.5 Å². The third-order valence-electron chi connectivity index (χ3n) is 5.07. The number of fused-ring (bicyclic) bond motifs is 1. The average molecular weight is 472 g/mol. The molecule has 34 heavy (non-hydrogen) atoms. The Labute approximate surface area is 198 Å². The number of nitrogens with one attached hydrogen (secondary N) is 3. The van der Waals surface area contributed by atoms with Crippen LogP contribution in [-0.2, 0) is 4.74 Å². The van der Waals surface area contributed by atoms with E-state index in [4.69, 9.17) is 25.0 Å². The Morgan fingerprint density at radius 3 is 2.76 bits per heavy atom. The highest BCUT2D eigenvalue weighted by molar-refractivity contribution is 6.05. The van der Waals surface area contributed by atoms with Crippen molar-refractivity contribution in [2.24, 2.45) is 0 Å². The van der Waals surface area contributed by atoms with Crippen LogP contribution in [0.2, 0.25) is 0 Å². The summed E-state index contributed by atoms with van der Waals surface area (Å²) in [6, 6.07) is 7.10. The van der Waals surface area contributed by atoms with Crippen LogP contribution in [0.25, 0.3) is 0 Å². The molecule has 3 N–H and O–H groups in total. The zero-order chi connectivity index (χ0) is 24.8. The fourth-order valence-corrected chi connectivity index (χ4v) is 3.31. The second-order valence-corrected chi connectivity index (χ2v) is 8.38. The van der Waals surface area contributed by atoms with Gasteiger partial charge in [-0.3, -0.25) is 15.6 Å². The predicted octanol–water partition coefficient (Wildman–Crippen LogP) is 4.07. The molecule has 1 amide bonds. The molecule has 0 aliphatic carbocycles. The number of benzene rings is 1. The summed E-state index contributed by atoms with van der Waals surface area (Å²) in [6.07, 6.45) is 1.49. The first kappa shape index (κ1) is 25.1. The molecular formula is C24H30FN5O4. The maximum Gasteiger partial charge on any atom is 0.259 e. The van der Waals surface area contributed by atoms with E-state index in [1.54, 1.807) is 18.2 Å². The molecule has 10 heteroatoms. The number of amidine groups is 1. The summed E-state index contributed by atoms with van der Waals surface area (Å²) in [5.41, 5.74) is 0.0520. The van der Waals surface area contributed by atoms with E-state index < -0.39 is 11.7 Å². The molecule has 1 aliphatic rings. The van der Waals surface area contributed by atoms with E-state index in [-0.39, 0.29) is 59.3 Å². The lowest BCUT2D eigenvalue weighted by Gasteiger charge is -2.27. The zero-order valence-electron chi connectivity index (χ0n) is 19.7. The van der Waals surface area contributed by atoms with E-state index in [1.807, 2.05) is 27.7 Å². The van der Waals surface area contributed by atoms with Gasteiger partial charge in [0, 0.05) is 18.5 Å². The SMILES string of the molecule is CC(C)OCCC1COc2cc(F)c(C(=O)Nc3cccc(C(=N)N(C=N)C(C)C)n3)cc2O1. The molecule has 0 saturated heterocycles. The Balaban J connectivity index is 1.73. The molecule has 9 nitrogen and oxygen atoms in total. The molecule has 0 saturated carbocycles. The van der Waals surface area contributed by atoms with Gasteiger partial charge in [-0.1, -0.05) is 6.07 Å². The molecule has 1 atom stereocenters. The number of carbonyl (C=O) groups excluding carboxylic acids is 1. The smallest absolute Gasteiger partial charge is 0.259 e. The molecule has 0 bridgehead atoms. The summed E-state index contributed by atoms with van der Waals surface area (Å²) in [5.74, 6) is -0.769. The van der Waals surface area contributed by atoms with Gasteiger partial charge in [-0.2, -0.15) is 0 Å². The van der Waals surface area contributed by atoms with Crippen molar-refractivity contribution in [3.63, 3.8) is 0 Å². The lowest BCUT2D eigenvalue weighted by molar-refractivity contribution is 0.0279. The van der Waals surface area contributed by atoms with Gasteiger partial charge in [0.1, 0.15) is 30.0 Å². The maximum atomic E-state index is 14.7. The minimum absolute atomic E-state index is 0.0131. The summed E-state index contributed by atoms with van der Waals surface area (Å²) in [5, 5.41) is 18.4. The number of amides is 1. The van der Waals surface area contributed by atoms with Crippen molar-refractivity contribution in [1.82, 2.24) is 9.88 Å². The molecule has 0 spiro atoms. The minimum Gasteiger partial charge on any atom is -0.486 e. The average Bonchev–Trinajstić information content (AvgIpc) is 2.78. The van der Waals surface area contributed by atoms with E-state index in [0.717, 1.165) is 12.4 Å². The monoisotopic (exact) mass is 471 g/mol. The topological polar surface area (TPSA) is 121 Å². The molecule has 2 aromatic rings. The fraction of sp³-hybridized carbons (Fsp3) is 0.417. The van der Waals surface area contributed by atoms with Crippen LogP contribution in [0.15, 0.2) is 30.3 Å². The number of nitrogens with zero attached hydrogens (tertiary/aromatic N) is 2. The Morgan fingerprint density at radius 2 is 2.09 bits per heavy atom. The number of carbonyl (C=O) groups is 1. The first-order valence-corrected chi connectivity index (χ1v) is 11.1. The first-order valence-electron chi connectivity index (χ1n) is 11.1. The quantitative estimate of drug-likeness (QED) is 0.375. The summed E-state index contributed by atoms with van der Waals surface area (Å²) in [6.45, 7) is 8.35. The highest BCUT2D eigenvalue weighted by Gasteiger charge is 2.25. The Bertz CT molecular complexity index is 1060. The lowest BCUT2D eigenvalue weighted by Crippen LogP contribution is -2.36. The van der Waals surface area contributed by atoms with Crippen LogP contribution in [0.1, 0.15) is 50.2 Å². The van der Waals surface area contributed by atoms with Crippen LogP contribution >= 0.6 is 0 Å². The fourth-order valence-electron chi connectivity index (χ4n) is 3.31. The van der Waals surface area contributed by atoms with Crippen LogP contribution in [0, 0.1) is 16.6 Å². The molecule has 3 rings (SSSR count). The van der Waals surface area contributed by atoms with Gasteiger partial charge in [-0.25, -0.2) is 9.37 Å². The van der Waals surface area contributed by atoms with Crippen LogP contribution in [0.3, 0.4) is 0 Å². The highest BCUT2D eigenvalue weighted by Crippen LogP contribution is 2.35. The van der Waals surface area contributed by atoms with Gasteiger partial charge in [0.15, 0.2) is 17.3 Å². The molecule has 0 radical (unpaired) electrons.